The first-order chi connectivity index (χ1) is 14.6. The summed E-state index contributed by atoms with van der Waals surface area (Å²) in [6.45, 7) is 1.44. The van der Waals surface area contributed by atoms with Gasteiger partial charge in [-0.2, -0.15) is 0 Å². The largest absolute Gasteiger partial charge is 0.497 e. The van der Waals surface area contributed by atoms with Gasteiger partial charge >= 0.3 is 0 Å². The molecule has 0 radical (unpaired) electrons. The highest BCUT2D eigenvalue weighted by atomic mass is 16.5. The Morgan fingerprint density at radius 1 is 1.10 bits per heavy atom. The summed E-state index contributed by atoms with van der Waals surface area (Å²) in [5.41, 5.74) is 0.417. The van der Waals surface area contributed by atoms with Crippen molar-refractivity contribution in [1.82, 2.24) is 16.0 Å². The number of hydrogen-bond acceptors (Lipinski definition) is 6. The van der Waals surface area contributed by atoms with E-state index in [1.165, 1.54) is 7.11 Å². The van der Waals surface area contributed by atoms with Gasteiger partial charge in [-0.15, -0.1) is 0 Å². The number of rotatable bonds is 3. The summed E-state index contributed by atoms with van der Waals surface area (Å²) in [5, 5.41) is 8.49. The lowest BCUT2D eigenvalue weighted by Crippen LogP contribution is -2.50. The van der Waals surface area contributed by atoms with Crippen LogP contribution in [0, 0.1) is 0 Å². The lowest BCUT2D eigenvalue weighted by Gasteiger charge is -2.21. The summed E-state index contributed by atoms with van der Waals surface area (Å²) < 4.78 is 16.3. The zero-order valence-corrected chi connectivity index (χ0v) is 17.2. The van der Waals surface area contributed by atoms with E-state index >= 15 is 0 Å². The number of benzene rings is 1. The number of amides is 3. The number of carbonyl (C=O) groups excluding carboxylic acids is 3. The third kappa shape index (κ3) is 5.85. The molecule has 164 valence electrons. The Morgan fingerprint density at radius 2 is 1.97 bits per heavy atom. The van der Waals surface area contributed by atoms with Gasteiger partial charge in [0.15, 0.2) is 0 Å². The number of hydrogen-bond donors (Lipinski definition) is 3. The summed E-state index contributed by atoms with van der Waals surface area (Å²) >= 11 is 0. The first-order valence-electron chi connectivity index (χ1n) is 10.4. The predicted molar refractivity (Wildman–Crippen MR) is 109 cm³/mol. The zero-order valence-electron chi connectivity index (χ0n) is 17.2. The Balaban J connectivity index is 1.65. The van der Waals surface area contributed by atoms with Crippen LogP contribution in [-0.4, -0.2) is 63.3 Å². The van der Waals surface area contributed by atoms with Crippen LogP contribution < -0.4 is 25.4 Å². The molecule has 0 unspecified atom stereocenters. The molecule has 3 rings (SSSR count). The summed E-state index contributed by atoms with van der Waals surface area (Å²) in [6.07, 6.45) is 2.86. The smallest absolute Gasteiger partial charge is 0.255 e. The van der Waals surface area contributed by atoms with Crippen molar-refractivity contribution in [2.45, 2.75) is 44.2 Å². The van der Waals surface area contributed by atoms with Crippen LogP contribution in [0.4, 0.5) is 0 Å². The van der Waals surface area contributed by atoms with E-state index in [0.29, 0.717) is 55.9 Å². The van der Waals surface area contributed by atoms with E-state index in [-0.39, 0.29) is 30.9 Å². The molecule has 2 aliphatic heterocycles. The molecule has 0 saturated carbocycles. The van der Waals surface area contributed by atoms with Gasteiger partial charge in [-0.05, 0) is 44.2 Å². The van der Waals surface area contributed by atoms with Crippen molar-refractivity contribution in [2.75, 3.05) is 33.4 Å². The van der Waals surface area contributed by atoms with E-state index in [2.05, 4.69) is 16.0 Å². The molecular formula is C21H29N3O6. The molecule has 0 spiro atoms. The Kier molecular flexibility index (Phi) is 7.89. The minimum Gasteiger partial charge on any atom is -0.497 e. The highest BCUT2D eigenvalue weighted by Gasteiger charge is 2.28. The predicted octanol–water partition coefficient (Wildman–Crippen LogP) is 0.768. The van der Waals surface area contributed by atoms with Crippen LogP contribution in [0.15, 0.2) is 18.2 Å². The molecule has 0 aromatic heterocycles. The van der Waals surface area contributed by atoms with Gasteiger partial charge in [0.05, 0.1) is 19.2 Å². The molecular weight excluding hydrogens is 390 g/mol. The summed E-state index contributed by atoms with van der Waals surface area (Å²) in [5.74, 6) is 0.234. The normalized spacial score (nSPS) is 23.2. The average molecular weight is 419 g/mol. The maximum atomic E-state index is 12.6. The van der Waals surface area contributed by atoms with E-state index < -0.39 is 12.1 Å². The molecule has 0 bridgehead atoms. The molecule has 1 aromatic carbocycles. The number of nitrogens with one attached hydrogen (secondary N) is 3. The minimum absolute atomic E-state index is 0.172. The van der Waals surface area contributed by atoms with Crippen LogP contribution in [0.25, 0.3) is 0 Å². The second-order valence-electron chi connectivity index (χ2n) is 7.32. The lowest BCUT2D eigenvalue weighted by molar-refractivity contribution is -0.134. The molecule has 3 amide bonds. The highest BCUT2D eigenvalue weighted by molar-refractivity contribution is 5.97. The number of ether oxygens (including phenoxy) is 3. The topological polar surface area (TPSA) is 115 Å². The fourth-order valence-corrected chi connectivity index (χ4v) is 3.48. The molecule has 9 nitrogen and oxygen atoms in total. The van der Waals surface area contributed by atoms with Crippen molar-refractivity contribution < 1.29 is 28.6 Å². The van der Waals surface area contributed by atoms with Gasteiger partial charge < -0.3 is 30.2 Å². The van der Waals surface area contributed by atoms with Crippen LogP contribution in [0.3, 0.4) is 0 Å². The molecule has 1 aromatic rings. The second kappa shape index (κ2) is 10.8. The van der Waals surface area contributed by atoms with E-state index in [1.54, 1.807) is 18.2 Å². The van der Waals surface area contributed by atoms with Crippen LogP contribution in [0.5, 0.6) is 11.5 Å². The van der Waals surface area contributed by atoms with Crippen molar-refractivity contribution in [3.05, 3.63) is 23.8 Å². The van der Waals surface area contributed by atoms with Crippen LogP contribution in [0.1, 0.15) is 42.5 Å². The molecule has 2 heterocycles. The highest BCUT2D eigenvalue weighted by Crippen LogP contribution is 2.25. The SMILES string of the molecule is COc1ccc2c(c1)OCCNC(=O)[C@@H](NC(=O)[C@@H]1CCCO1)CCCCNC2=O. The minimum atomic E-state index is -0.646. The molecule has 0 aliphatic carbocycles. The lowest BCUT2D eigenvalue weighted by atomic mass is 10.1. The van der Waals surface area contributed by atoms with Crippen molar-refractivity contribution in [3.63, 3.8) is 0 Å². The van der Waals surface area contributed by atoms with Crippen LogP contribution >= 0.6 is 0 Å². The average Bonchev–Trinajstić information content (AvgIpc) is 3.29. The van der Waals surface area contributed by atoms with Gasteiger partial charge in [0.1, 0.15) is 30.3 Å². The maximum absolute atomic E-state index is 12.6. The van der Waals surface area contributed by atoms with Crippen molar-refractivity contribution in [3.8, 4) is 11.5 Å². The first-order valence-corrected chi connectivity index (χ1v) is 10.4. The quantitative estimate of drug-likeness (QED) is 0.667. The van der Waals surface area contributed by atoms with Crippen LogP contribution in [0.2, 0.25) is 0 Å². The second-order valence-corrected chi connectivity index (χ2v) is 7.32. The van der Waals surface area contributed by atoms with Crippen molar-refractivity contribution in [1.29, 1.82) is 0 Å². The monoisotopic (exact) mass is 419 g/mol. The van der Waals surface area contributed by atoms with Gasteiger partial charge in [0.25, 0.3) is 5.91 Å². The van der Waals surface area contributed by atoms with Gasteiger partial charge in [-0.25, -0.2) is 0 Å². The number of methoxy groups -OCH3 is 1. The van der Waals surface area contributed by atoms with Gasteiger partial charge in [0.2, 0.25) is 11.8 Å². The zero-order chi connectivity index (χ0) is 21.3. The molecule has 2 atom stereocenters. The molecule has 2 aliphatic rings. The van der Waals surface area contributed by atoms with Crippen molar-refractivity contribution in [2.24, 2.45) is 0 Å². The molecule has 30 heavy (non-hydrogen) atoms. The Bertz CT molecular complexity index is 763. The summed E-state index contributed by atoms with van der Waals surface area (Å²) in [4.78, 5) is 37.5. The molecule has 1 fully saturated rings. The first kappa shape index (κ1) is 21.9. The summed E-state index contributed by atoms with van der Waals surface area (Å²) in [6, 6.07) is 4.36. The van der Waals surface area contributed by atoms with Gasteiger partial charge in [-0.1, -0.05) is 0 Å². The number of fused-ring (bicyclic) bond motifs is 1. The maximum Gasteiger partial charge on any atom is 0.255 e. The standard InChI is InChI=1S/C21H29N3O6/c1-28-14-7-8-15-18(13-14)30-12-10-23-20(26)16(5-2-3-9-22-19(15)25)24-21(27)17-6-4-11-29-17/h7-8,13,16-17H,2-6,9-12H2,1H3,(H,22,25)(H,23,26)(H,24,27)/t16-,17-/m0/s1. The third-order valence-electron chi connectivity index (χ3n) is 5.15. The Hall–Kier alpha value is -2.81. The van der Waals surface area contributed by atoms with Gasteiger partial charge in [-0.3, -0.25) is 14.4 Å². The van der Waals surface area contributed by atoms with Gasteiger partial charge in [0, 0.05) is 19.2 Å². The fourth-order valence-electron chi connectivity index (χ4n) is 3.48. The van der Waals surface area contributed by atoms with E-state index in [0.717, 1.165) is 6.42 Å². The van der Waals surface area contributed by atoms with E-state index in [4.69, 9.17) is 14.2 Å². The summed E-state index contributed by atoms with van der Waals surface area (Å²) in [7, 11) is 1.54. The molecule has 1 saturated heterocycles. The fraction of sp³-hybridized carbons (Fsp3) is 0.571. The van der Waals surface area contributed by atoms with Crippen LogP contribution in [-0.2, 0) is 14.3 Å². The third-order valence-corrected chi connectivity index (χ3v) is 5.15. The molecule has 9 heteroatoms. The van der Waals surface area contributed by atoms with E-state index in [9.17, 15) is 14.4 Å². The Labute approximate surface area is 175 Å². The van der Waals surface area contributed by atoms with E-state index in [1.807, 2.05) is 0 Å². The van der Waals surface area contributed by atoms with Crippen molar-refractivity contribution >= 4 is 17.7 Å². The number of carbonyl (C=O) groups is 3. The molecule has 3 N–H and O–H groups in total. The Morgan fingerprint density at radius 3 is 2.73 bits per heavy atom.